The van der Waals surface area contributed by atoms with Crippen molar-refractivity contribution in [1.82, 2.24) is 15.3 Å². The van der Waals surface area contributed by atoms with Gasteiger partial charge >= 0.3 is 0 Å². The standard InChI is InChI=1S/C23H26N4O2/c1-16-15-21(22(28)26-17(2)19-7-5-4-6-8-19)27-23(25-16)24-14-13-18-9-11-20(29-3)12-10-18/h4-12,15,17H,13-14H2,1-3H3,(H,26,28)(H,24,25,27). The molecule has 0 bridgehead atoms. The van der Waals surface area contributed by atoms with Crippen LogP contribution in [0.2, 0.25) is 0 Å². The number of hydrogen-bond donors (Lipinski definition) is 2. The number of anilines is 1. The Morgan fingerprint density at radius 3 is 2.48 bits per heavy atom. The Kier molecular flexibility index (Phi) is 6.79. The summed E-state index contributed by atoms with van der Waals surface area (Å²) >= 11 is 0. The van der Waals surface area contributed by atoms with E-state index in [0.29, 0.717) is 18.2 Å². The van der Waals surface area contributed by atoms with Crippen LogP contribution in [-0.4, -0.2) is 29.5 Å². The Morgan fingerprint density at radius 1 is 1.07 bits per heavy atom. The fourth-order valence-corrected chi connectivity index (χ4v) is 2.97. The molecule has 3 aromatic rings. The van der Waals surface area contributed by atoms with Gasteiger partial charge in [0.25, 0.3) is 5.91 Å². The number of carbonyl (C=O) groups is 1. The lowest BCUT2D eigenvalue weighted by Crippen LogP contribution is -2.28. The summed E-state index contributed by atoms with van der Waals surface area (Å²) in [5, 5.41) is 6.20. The second-order valence-electron chi connectivity index (χ2n) is 6.85. The normalized spacial score (nSPS) is 11.6. The summed E-state index contributed by atoms with van der Waals surface area (Å²) in [5.41, 5.74) is 3.32. The van der Waals surface area contributed by atoms with Crippen LogP contribution in [-0.2, 0) is 6.42 Å². The van der Waals surface area contributed by atoms with Gasteiger partial charge in [0.1, 0.15) is 11.4 Å². The average molecular weight is 390 g/mol. The van der Waals surface area contributed by atoms with Crippen molar-refractivity contribution < 1.29 is 9.53 Å². The van der Waals surface area contributed by atoms with Crippen molar-refractivity contribution in [2.75, 3.05) is 19.0 Å². The molecular weight excluding hydrogens is 364 g/mol. The molecule has 29 heavy (non-hydrogen) atoms. The molecule has 150 valence electrons. The zero-order valence-corrected chi connectivity index (χ0v) is 17.0. The zero-order chi connectivity index (χ0) is 20.6. The first kappa shape index (κ1) is 20.3. The predicted molar refractivity (Wildman–Crippen MR) is 114 cm³/mol. The van der Waals surface area contributed by atoms with Gasteiger partial charge in [-0.3, -0.25) is 4.79 Å². The van der Waals surface area contributed by atoms with Crippen LogP contribution in [0.1, 0.15) is 40.3 Å². The maximum absolute atomic E-state index is 12.6. The van der Waals surface area contributed by atoms with E-state index in [0.717, 1.165) is 23.4 Å². The van der Waals surface area contributed by atoms with Gasteiger partial charge in [-0.25, -0.2) is 9.97 Å². The molecule has 1 amide bonds. The van der Waals surface area contributed by atoms with Gasteiger partial charge in [0.05, 0.1) is 13.2 Å². The summed E-state index contributed by atoms with van der Waals surface area (Å²) in [5.74, 6) is 1.07. The third-order valence-corrected chi connectivity index (χ3v) is 4.59. The van der Waals surface area contributed by atoms with E-state index in [1.54, 1.807) is 13.2 Å². The van der Waals surface area contributed by atoms with E-state index in [9.17, 15) is 4.79 Å². The number of aromatic nitrogens is 2. The molecule has 1 atom stereocenters. The highest BCUT2D eigenvalue weighted by Crippen LogP contribution is 2.14. The van der Waals surface area contributed by atoms with Gasteiger partial charge in [0, 0.05) is 12.2 Å². The minimum atomic E-state index is -0.218. The van der Waals surface area contributed by atoms with Gasteiger partial charge in [-0.2, -0.15) is 0 Å². The molecule has 0 aliphatic heterocycles. The van der Waals surface area contributed by atoms with Gasteiger partial charge < -0.3 is 15.4 Å². The number of hydrogen-bond acceptors (Lipinski definition) is 5. The number of rotatable bonds is 8. The van der Waals surface area contributed by atoms with Crippen LogP contribution in [0.15, 0.2) is 60.7 Å². The Hall–Kier alpha value is -3.41. The largest absolute Gasteiger partial charge is 0.497 e. The predicted octanol–water partition coefficient (Wildman–Crippen LogP) is 3.94. The molecule has 0 aliphatic rings. The SMILES string of the molecule is COc1ccc(CCNc2nc(C)cc(C(=O)NC(C)c3ccccc3)n2)cc1. The van der Waals surface area contributed by atoms with Crippen molar-refractivity contribution >= 4 is 11.9 Å². The van der Waals surface area contributed by atoms with Crippen LogP contribution in [0.3, 0.4) is 0 Å². The topological polar surface area (TPSA) is 76.1 Å². The molecule has 0 radical (unpaired) electrons. The lowest BCUT2D eigenvalue weighted by molar-refractivity contribution is 0.0934. The van der Waals surface area contributed by atoms with E-state index in [2.05, 4.69) is 20.6 Å². The fraction of sp³-hybridized carbons (Fsp3) is 0.261. The number of methoxy groups -OCH3 is 1. The van der Waals surface area contributed by atoms with Crippen LogP contribution < -0.4 is 15.4 Å². The molecule has 1 aromatic heterocycles. The summed E-state index contributed by atoms with van der Waals surface area (Å²) in [4.78, 5) is 21.4. The van der Waals surface area contributed by atoms with E-state index in [4.69, 9.17) is 4.74 Å². The molecule has 2 N–H and O–H groups in total. The molecule has 0 aliphatic carbocycles. The highest BCUT2D eigenvalue weighted by Gasteiger charge is 2.14. The quantitative estimate of drug-likeness (QED) is 0.609. The van der Waals surface area contributed by atoms with Gasteiger partial charge in [0.15, 0.2) is 0 Å². The summed E-state index contributed by atoms with van der Waals surface area (Å²) in [6.45, 7) is 4.47. The van der Waals surface area contributed by atoms with Crippen LogP contribution in [0.25, 0.3) is 0 Å². The third kappa shape index (κ3) is 5.78. The number of aryl methyl sites for hydroxylation is 1. The first-order chi connectivity index (χ1) is 14.0. The van der Waals surface area contributed by atoms with E-state index in [1.165, 1.54) is 5.56 Å². The second-order valence-corrected chi connectivity index (χ2v) is 6.85. The molecule has 2 aromatic carbocycles. The minimum absolute atomic E-state index is 0.106. The Morgan fingerprint density at radius 2 is 1.79 bits per heavy atom. The summed E-state index contributed by atoms with van der Waals surface area (Å²) in [7, 11) is 1.65. The Balaban J connectivity index is 1.60. The van der Waals surface area contributed by atoms with E-state index in [-0.39, 0.29) is 11.9 Å². The molecular formula is C23H26N4O2. The number of amides is 1. The van der Waals surface area contributed by atoms with Crippen molar-refractivity contribution in [3.63, 3.8) is 0 Å². The molecule has 3 rings (SSSR count). The number of carbonyl (C=O) groups excluding carboxylic acids is 1. The molecule has 1 heterocycles. The molecule has 1 unspecified atom stereocenters. The van der Waals surface area contributed by atoms with Crippen molar-refractivity contribution in [3.8, 4) is 5.75 Å². The third-order valence-electron chi connectivity index (χ3n) is 4.59. The van der Waals surface area contributed by atoms with Gasteiger partial charge in [-0.05, 0) is 49.6 Å². The maximum atomic E-state index is 12.6. The van der Waals surface area contributed by atoms with Gasteiger partial charge in [-0.1, -0.05) is 42.5 Å². The number of ether oxygens (including phenoxy) is 1. The fourth-order valence-electron chi connectivity index (χ4n) is 2.97. The summed E-state index contributed by atoms with van der Waals surface area (Å²) in [6, 6.07) is 19.4. The molecule has 6 heteroatoms. The Labute approximate surface area is 171 Å². The number of nitrogens with one attached hydrogen (secondary N) is 2. The average Bonchev–Trinajstić information content (AvgIpc) is 2.74. The molecule has 6 nitrogen and oxygen atoms in total. The smallest absolute Gasteiger partial charge is 0.270 e. The highest BCUT2D eigenvalue weighted by molar-refractivity contribution is 5.92. The summed E-state index contributed by atoms with van der Waals surface area (Å²) in [6.07, 6.45) is 0.813. The monoisotopic (exact) mass is 390 g/mol. The lowest BCUT2D eigenvalue weighted by atomic mass is 10.1. The van der Waals surface area contributed by atoms with Crippen molar-refractivity contribution in [2.45, 2.75) is 26.3 Å². The molecule has 0 spiro atoms. The van der Waals surface area contributed by atoms with Crippen molar-refractivity contribution in [2.24, 2.45) is 0 Å². The number of nitrogens with zero attached hydrogens (tertiary/aromatic N) is 2. The van der Waals surface area contributed by atoms with E-state index >= 15 is 0 Å². The van der Waals surface area contributed by atoms with E-state index < -0.39 is 0 Å². The number of benzene rings is 2. The van der Waals surface area contributed by atoms with Crippen LogP contribution in [0, 0.1) is 6.92 Å². The van der Waals surface area contributed by atoms with Crippen molar-refractivity contribution in [1.29, 1.82) is 0 Å². The van der Waals surface area contributed by atoms with Crippen LogP contribution in [0.4, 0.5) is 5.95 Å². The van der Waals surface area contributed by atoms with Crippen LogP contribution >= 0.6 is 0 Å². The molecule has 0 saturated carbocycles. The first-order valence-electron chi connectivity index (χ1n) is 9.63. The van der Waals surface area contributed by atoms with Crippen molar-refractivity contribution in [3.05, 3.63) is 83.2 Å². The first-order valence-corrected chi connectivity index (χ1v) is 9.63. The highest BCUT2D eigenvalue weighted by atomic mass is 16.5. The van der Waals surface area contributed by atoms with Crippen LogP contribution in [0.5, 0.6) is 5.75 Å². The zero-order valence-electron chi connectivity index (χ0n) is 17.0. The van der Waals surface area contributed by atoms with Gasteiger partial charge in [-0.15, -0.1) is 0 Å². The molecule has 0 fully saturated rings. The minimum Gasteiger partial charge on any atom is -0.497 e. The second kappa shape index (κ2) is 9.68. The maximum Gasteiger partial charge on any atom is 0.270 e. The van der Waals surface area contributed by atoms with E-state index in [1.807, 2.05) is 68.4 Å². The molecule has 0 saturated heterocycles. The van der Waals surface area contributed by atoms with Gasteiger partial charge in [0.2, 0.25) is 5.95 Å². The summed E-state index contributed by atoms with van der Waals surface area (Å²) < 4.78 is 5.17. The lowest BCUT2D eigenvalue weighted by Gasteiger charge is -2.14. The Bertz CT molecular complexity index is 943.